The average Bonchev–Trinajstić information content (AvgIpc) is 2.82. The smallest absolute Gasteiger partial charge is 0.103 e. The van der Waals surface area contributed by atoms with Crippen LogP contribution in [0.4, 0.5) is 5.69 Å². The summed E-state index contributed by atoms with van der Waals surface area (Å²) in [6.45, 7) is 1.98. The molecule has 5 heteroatoms. The normalized spacial score (nSPS) is 18.8. The van der Waals surface area contributed by atoms with E-state index in [4.69, 9.17) is 0 Å². The first-order chi connectivity index (χ1) is 8.81. The molecule has 0 bridgehead atoms. The van der Waals surface area contributed by atoms with E-state index in [1.165, 1.54) is 10.6 Å². The Morgan fingerprint density at radius 3 is 3.17 bits per heavy atom. The number of hydrogen-bond acceptors (Lipinski definition) is 4. The zero-order chi connectivity index (χ0) is 12.5. The molecule has 0 unspecified atom stereocenters. The van der Waals surface area contributed by atoms with E-state index >= 15 is 0 Å². The molecule has 0 saturated carbocycles. The van der Waals surface area contributed by atoms with Crippen molar-refractivity contribution >= 4 is 33.4 Å². The molecule has 1 aromatic rings. The van der Waals surface area contributed by atoms with Crippen LogP contribution in [0.1, 0.15) is 12.0 Å². The van der Waals surface area contributed by atoms with Gasteiger partial charge in [-0.05, 0) is 28.1 Å². The second kappa shape index (κ2) is 4.96. The number of nitriles is 1. The van der Waals surface area contributed by atoms with Crippen molar-refractivity contribution in [3.8, 4) is 6.07 Å². The lowest BCUT2D eigenvalue weighted by Crippen LogP contribution is -2.28. The van der Waals surface area contributed by atoms with Gasteiger partial charge in [0.15, 0.2) is 0 Å². The molecule has 2 heterocycles. The summed E-state index contributed by atoms with van der Waals surface area (Å²) in [4.78, 5) is 3.70. The van der Waals surface area contributed by atoms with Crippen molar-refractivity contribution in [2.75, 3.05) is 23.9 Å². The van der Waals surface area contributed by atoms with Gasteiger partial charge in [-0.2, -0.15) is 5.26 Å². The fourth-order valence-corrected chi connectivity index (χ4v) is 3.96. The number of nitrogens with zero attached hydrogens (tertiary/aromatic N) is 2. The molecule has 3 nitrogen and oxygen atoms in total. The Hall–Kier alpha value is -0.960. The Kier molecular flexibility index (Phi) is 3.33. The Balaban J connectivity index is 2.04. The molecule has 0 radical (unpaired) electrons. The number of rotatable bonds is 1. The van der Waals surface area contributed by atoms with Gasteiger partial charge in [0.05, 0.1) is 17.1 Å². The first-order valence-electron chi connectivity index (χ1n) is 5.83. The van der Waals surface area contributed by atoms with E-state index in [-0.39, 0.29) is 0 Å². The van der Waals surface area contributed by atoms with Crippen molar-refractivity contribution in [1.82, 2.24) is 5.32 Å². The summed E-state index contributed by atoms with van der Waals surface area (Å²) in [6.07, 6.45) is 1.04. The predicted octanol–water partition coefficient (Wildman–Crippen LogP) is 3.04. The lowest BCUT2D eigenvalue weighted by atomic mass is 10.1. The molecule has 18 heavy (non-hydrogen) atoms. The second-order valence-corrected chi connectivity index (χ2v) is 6.14. The van der Waals surface area contributed by atoms with Crippen LogP contribution in [0, 0.1) is 11.3 Å². The minimum Gasteiger partial charge on any atom is -0.333 e. The van der Waals surface area contributed by atoms with E-state index in [9.17, 15) is 5.26 Å². The molecule has 2 aliphatic rings. The fraction of sp³-hybridized carbons (Fsp3) is 0.308. The Morgan fingerprint density at radius 1 is 1.44 bits per heavy atom. The Bertz CT molecular complexity index is 562. The largest absolute Gasteiger partial charge is 0.333 e. The fourth-order valence-electron chi connectivity index (χ4n) is 2.35. The number of hydrogen-bond donors (Lipinski definition) is 1. The first-order valence-corrected chi connectivity index (χ1v) is 7.61. The van der Waals surface area contributed by atoms with Crippen LogP contribution in [-0.4, -0.2) is 19.0 Å². The van der Waals surface area contributed by atoms with Crippen molar-refractivity contribution in [1.29, 1.82) is 5.26 Å². The molecule has 1 aromatic carbocycles. The highest BCUT2D eigenvalue weighted by Gasteiger charge is 2.27. The van der Waals surface area contributed by atoms with Crippen molar-refractivity contribution in [3.63, 3.8) is 0 Å². The summed E-state index contributed by atoms with van der Waals surface area (Å²) in [7, 11) is 0. The van der Waals surface area contributed by atoms with Gasteiger partial charge in [-0.1, -0.05) is 6.07 Å². The monoisotopic (exact) mass is 321 g/mol. The zero-order valence-electron chi connectivity index (χ0n) is 9.74. The third kappa shape index (κ3) is 1.95. The highest BCUT2D eigenvalue weighted by Crippen LogP contribution is 2.40. The van der Waals surface area contributed by atoms with E-state index in [1.54, 1.807) is 0 Å². The number of benzene rings is 1. The quantitative estimate of drug-likeness (QED) is 0.863. The van der Waals surface area contributed by atoms with Crippen LogP contribution in [-0.2, 0) is 0 Å². The number of anilines is 1. The topological polar surface area (TPSA) is 39.1 Å². The molecule has 0 aliphatic carbocycles. The molecule has 0 atom stereocenters. The highest BCUT2D eigenvalue weighted by atomic mass is 79.9. The van der Waals surface area contributed by atoms with Crippen LogP contribution < -0.4 is 10.2 Å². The third-order valence-corrected chi connectivity index (χ3v) is 5.01. The zero-order valence-corrected chi connectivity index (χ0v) is 12.1. The third-order valence-electron chi connectivity index (χ3n) is 3.23. The van der Waals surface area contributed by atoms with E-state index in [1.807, 2.05) is 30.0 Å². The van der Waals surface area contributed by atoms with Crippen LogP contribution in [0.3, 0.4) is 0 Å². The van der Waals surface area contributed by atoms with E-state index < -0.39 is 0 Å². The maximum absolute atomic E-state index is 9.31. The van der Waals surface area contributed by atoms with Gasteiger partial charge in [-0.3, -0.25) is 0 Å². The van der Waals surface area contributed by atoms with Crippen LogP contribution in [0.25, 0.3) is 0 Å². The van der Waals surface area contributed by atoms with Crippen molar-refractivity contribution in [3.05, 3.63) is 38.8 Å². The van der Waals surface area contributed by atoms with Gasteiger partial charge >= 0.3 is 0 Å². The molecule has 2 aliphatic heterocycles. The SMILES string of the molecule is N#Cc1c(Br)cccc1N1CSC2=C1CCNC2. The maximum atomic E-state index is 9.31. The summed E-state index contributed by atoms with van der Waals surface area (Å²) in [5.74, 6) is 0.914. The van der Waals surface area contributed by atoms with Crippen molar-refractivity contribution in [2.45, 2.75) is 6.42 Å². The van der Waals surface area contributed by atoms with Crippen LogP contribution in [0.2, 0.25) is 0 Å². The van der Waals surface area contributed by atoms with E-state index in [0.717, 1.165) is 41.1 Å². The van der Waals surface area contributed by atoms with Crippen LogP contribution in [0.5, 0.6) is 0 Å². The molecule has 0 saturated heterocycles. The maximum Gasteiger partial charge on any atom is 0.103 e. The summed E-state index contributed by atoms with van der Waals surface area (Å²) < 4.78 is 0.871. The molecular weight excluding hydrogens is 310 g/mol. The summed E-state index contributed by atoms with van der Waals surface area (Å²) in [5.41, 5.74) is 3.13. The molecule has 0 spiro atoms. The van der Waals surface area contributed by atoms with E-state index in [0.29, 0.717) is 0 Å². The number of thioether (sulfide) groups is 1. The molecule has 3 rings (SSSR count). The number of nitrogens with one attached hydrogen (secondary N) is 1. The lowest BCUT2D eigenvalue weighted by molar-refractivity contribution is 0.687. The number of halogens is 1. The molecule has 92 valence electrons. The second-order valence-electron chi connectivity index (χ2n) is 4.24. The standard InChI is InChI=1S/C13H12BrN3S/c14-10-2-1-3-11(9(10)6-15)17-8-18-13-7-16-5-4-12(13)17/h1-3,16H,4-5,7-8H2. The molecule has 1 N–H and O–H groups in total. The highest BCUT2D eigenvalue weighted by molar-refractivity contribution is 9.10. The summed E-state index contributed by atoms with van der Waals surface area (Å²) >= 11 is 5.33. The average molecular weight is 322 g/mol. The van der Waals surface area contributed by atoms with Crippen molar-refractivity contribution in [2.24, 2.45) is 0 Å². The van der Waals surface area contributed by atoms with Gasteiger partial charge < -0.3 is 10.2 Å². The van der Waals surface area contributed by atoms with Gasteiger partial charge in [0, 0.05) is 34.6 Å². The van der Waals surface area contributed by atoms with Crippen molar-refractivity contribution < 1.29 is 0 Å². The molecular formula is C13H12BrN3S. The van der Waals surface area contributed by atoms with Gasteiger partial charge in [0.2, 0.25) is 0 Å². The van der Waals surface area contributed by atoms with Gasteiger partial charge in [-0.15, -0.1) is 11.8 Å². The summed E-state index contributed by atoms with van der Waals surface area (Å²) in [5, 5.41) is 12.7. The Morgan fingerprint density at radius 2 is 2.33 bits per heavy atom. The first kappa shape index (κ1) is 12.1. The molecule has 0 aromatic heterocycles. The molecule has 0 fully saturated rings. The van der Waals surface area contributed by atoms with Crippen LogP contribution in [0.15, 0.2) is 33.3 Å². The Labute approximate surface area is 119 Å². The van der Waals surface area contributed by atoms with E-state index in [2.05, 4.69) is 32.2 Å². The lowest BCUT2D eigenvalue weighted by Gasteiger charge is -2.25. The van der Waals surface area contributed by atoms with Gasteiger partial charge in [0.1, 0.15) is 6.07 Å². The van der Waals surface area contributed by atoms with Gasteiger partial charge in [0.25, 0.3) is 0 Å². The molecule has 0 amide bonds. The van der Waals surface area contributed by atoms with Gasteiger partial charge in [-0.25, -0.2) is 0 Å². The van der Waals surface area contributed by atoms with Crippen LogP contribution >= 0.6 is 27.7 Å². The summed E-state index contributed by atoms with van der Waals surface area (Å²) in [6, 6.07) is 8.24. The minimum absolute atomic E-state index is 0.727. The predicted molar refractivity (Wildman–Crippen MR) is 78.3 cm³/mol. The minimum atomic E-state index is 0.727.